The fourth-order valence-electron chi connectivity index (χ4n) is 3.57. The lowest BCUT2D eigenvalue weighted by atomic mass is 10.0. The van der Waals surface area contributed by atoms with E-state index in [1.807, 2.05) is 33.9 Å². The molecule has 0 radical (unpaired) electrons. The Labute approximate surface area is 192 Å². The minimum Gasteiger partial charge on any atom is -0.493 e. The van der Waals surface area contributed by atoms with Gasteiger partial charge in [-0.15, -0.1) is 0 Å². The van der Waals surface area contributed by atoms with Gasteiger partial charge in [0.15, 0.2) is 17.1 Å². The zero-order valence-corrected chi connectivity index (χ0v) is 19.8. The predicted octanol–water partition coefficient (Wildman–Crippen LogP) is 2.70. The number of hydrogen-bond donors (Lipinski definition) is 2. The Balaban J connectivity index is 1.82. The first-order chi connectivity index (χ1) is 15.7. The molecule has 2 amide bonds. The molecular formula is C23H29N5O5. The van der Waals surface area contributed by atoms with Crippen molar-refractivity contribution in [2.45, 2.75) is 26.8 Å². The Bertz CT molecular complexity index is 1160. The lowest BCUT2D eigenvalue weighted by Gasteiger charge is -2.22. The molecule has 33 heavy (non-hydrogen) atoms. The number of aryl methyl sites for hydroxylation is 2. The second-order valence-electron chi connectivity index (χ2n) is 7.90. The predicted molar refractivity (Wildman–Crippen MR) is 124 cm³/mol. The van der Waals surface area contributed by atoms with Gasteiger partial charge in [-0.3, -0.25) is 14.3 Å². The summed E-state index contributed by atoms with van der Waals surface area (Å²) in [6.45, 7) is 5.59. The molecule has 0 unspecified atom stereocenters. The zero-order chi connectivity index (χ0) is 24.3. The summed E-state index contributed by atoms with van der Waals surface area (Å²) in [7, 11) is 6.24. The van der Waals surface area contributed by atoms with E-state index in [0.717, 1.165) is 16.7 Å². The molecule has 10 heteroatoms. The van der Waals surface area contributed by atoms with Crippen LogP contribution in [0.4, 0.5) is 5.69 Å². The van der Waals surface area contributed by atoms with Crippen molar-refractivity contribution in [3.63, 3.8) is 0 Å². The van der Waals surface area contributed by atoms with E-state index >= 15 is 0 Å². The van der Waals surface area contributed by atoms with Crippen molar-refractivity contribution in [1.82, 2.24) is 20.1 Å². The highest BCUT2D eigenvalue weighted by atomic mass is 16.5. The van der Waals surface area contributed by atoms with E-state index in [4.69, 9.17) is 14.2 Å². The Morgan fingerprint density at radius 2 is 1.67 bits per heavy atom. The molecule has 10 nitrogen and oxygen atoms in total. The molecule has 0 aliphatic heterocycles. The lowest BCUT2D eigenvalue weighted by molar-refractivity contribution is -0.118. The van der Waals surface area contributed by atoms with E-state index in [2.05, 4.69) is 20.7 Å². The van der Waals surface area contributed by atoms with Crippen molar-refractivity contribution in [1.29, 1.82) is 0 Å². The van der Waals surface area contributed by atoms with Crippen molar-refractivity contribution in [2.24, 2.45) is 13.0 Å². The molecule has 0 fully saturated rings. The number of ether oxygens (including phenoxy) is 3. The molecule has 2 heterocycles. The van der Waals surface area contributed by atoms with E-state index in [9.17, 15) is 9.59 Å². The average Bonchev–Trinajstić information content (AvgIpc) is 3.08. The lowest BCUT2D eigenvalue weighted by Crippen LogP contribution is -2.47. The second kappa shape index (κ2) is 9.76. The highest BCUT2D eigenvalue weighted by Crippen LogP contribution is 2.38. The van der Waals surface area contributed by atoms with Gasteiger partial charge in [-0.05, 0) is 31.0 Å². The number of carbonyl (C=O) groups is 2. The molecule has 0 spiro atoms. The SMILES string of the molecule is COc1cc(C(=O)N[C@@H](C(=O)Nc2cnc3c(c2)c(C)nn3C)C(C)C)cc(OC)c1OC. The molecule has 0 bridgehead atoms. The zero-order valence-electron chi connectivity index (χ0n) is 19.8. The molecule has 3 rings (SSSR count). The van der Waals surface area contributed by atoms with Crippen LogP contribution in [-0.2, 0) is 11.8 Å². The number of nitrogens with one attached hydrogen (secondary N) is 2. The largest absolute Gasteiger partial charge is 0.493 e. The summed E-state index contributed by atoms with van der Waals surface area (Å²) < 4.78 is 17.6. The third-order valence-electron chi connectivity index (χ3n) is 5.29. The van der Waals surface area contributed by atoms with Crippen molar-refractivity contribution < 1.29 is 23.8 Å². The number of hydrogen-bond acceptors (Lipinski definition) is 7. The summed E-state index contributed by atoms with van der Waals surface area (Å²) in [6.07, 6.45) is 1.57. The number of fused-ring (bicyclic) bond motifs is 1. The standard InChI is InChI=1S/C23H29N5O5/c1-12(2)19(23(30)25-15-10-16-13(3)27-28(4)21(16)24-11-15)26-22(29)14-8-17(31-5)20(33-7)18(9-14)32-6/h8-12,19H,1-7H3,(H,25,30)(H,26,29)/t19-/m1/s1. The normalized spacial score (nSPS) is 11.9. The van der Waals surface area contributed by atoms with Crippen molar-refractivity contribution in [3.05, 3.63) is 35.7 Å². The summed E-state index contributed by atoms with van der Waals surface area (Å²) >= 11 is 0. The van der Waals surface area contributed by atoms with E-state index in [1.54, 1.807) is 10.9 Å². The quantitative estimate of drug-likeness (QED) is 0.536. The molecule has 2 N–H and O–H groups in total. The van der Waals surface area contributed by atoms with Gasteiger partial charge in [0.2, 0.25) is 11.7 Å². The molecule has 0 aliphatic rings. The fraction of sp³-hybridized carbons (Fsp3) is 0.391. The van der Waals surface area contributed by atoms with Gasteiger partial charge < -0.3 is 24.8 Å². The van der Waals surface area contributed by atoms with Crippen LogP contribution in [0.25, 0.3) is 11.0 Å². The number of pyridine rings is 1. The molecule has 1 atom stereocenters. The van der Waals surface area contributed by atoms with Crippen LogP contribution in [0.1, 0.15) is 29.9 Å². The minimum absolute atomic E-state index is 0.173. The van der Waals surface area contributed by atoms with Gasteiger partial charge in [-0.1, -0.05) is 13.8 Å². The van der Waals surface area contributed by atoms with E-state index in [1.165, 1.54) is 33.5 Å². The van der Waals surface area contributed by atoms with Gasteiger partial charge in [-0.2, -0.15) is 5.10 Å². The maximum absolute atomic E-state index is 13.0. The van der Waals surface area contributed by atoms with Crippen LogP contribution in [0.15, 0.2) is 24.4 Å². The van der Waals surface area contributed by atoms with Crippen LogP contribution in [0.2, 0.25) is 0 Å². The van der Waals surface area contributed by atoms with E-state index in [0.29, 0.717) is 22.9 Å². The Kier molecular flexibility index (Phi) is 7.05. The minimum atomic E-state index is -0.790. The number of nitrogens with zero attached hydrogens (tertiary/aromatic N) is 3. The summed E-state index contributed by atoms with van der Waals surface area (Å²) in [5, 5.41) is 10.8. The highest BCUT2D eigenvalue weighted by Gasteiger charge is 2.26. The molecule has 1 aromatic carbocycles. The third kappa shape index (κ3) is 4.84. The van der Waals surface area contributed by atoms with Crippen LogP contribution in [0.3, 0.4) is 0 Å². The molecule has 2 aromatic heterocycles. The molecule has 0 aliphatic carbocycles. The van der Waals surface area contributed by atoms with Crippen molar-refractivity contribution in [3.8, 4) is 17.2 Å². The molecule has 0 saturated carbocycles. The summed E-state index contributed by atoms with van der Waals surface area (Å²) in [5.41, 5.74) is 2.34. The van der Waals surface area contributed by atoms with Crippen LogP contribution in [-0.4, -0.2) is 54.0 Å². The summed E-state index contributed by atoms with van der Waals surface area (Å²) in [4.78, 5) is 30.4. The number of aromatic nitrogens is 3. The topological polar surface area (TPSA) is 117 Å². The summed E-state index contributed by atoms with van der Waals surface area (Å²) in [6, 6.07) is 4.10. The van der Waals surface area contributed by atoms with Gasteiger partial charge in [-0.25, -0.2) is 4.98 Å². The summed E-state index contributed by atoms with van der Waals surface area (Å²) in [5.74, 6) is 0.0990. The van der Waals surface area contributed by atoms with Gasteiger partial charge in [0.1, 0.15) is 6.04 Å². The first-order valence-corrected chi connectivity index (χ1v) is 10.4. The number of anilines is 1. The molecule has 176 valence electrons. The van der Waals surface area contributed by atoms with Gasteiger partial charge in [0.25, 0.3) is 5.91 Å². The Morgan fingerprint density at radius 1 is 1.03 bits per heavy atom. The fourth-order valence-corrected chi connectivity index (χ4v) is 3.57. The highest BCUT2D eigenvalue weighted by molar-refractivity contribution is 6.02. The van der Waals surface area contributed by atoms with Gasteiger partial charge in [0, 0.05) is 18.0 Å². The first-order valence-electron chi connectivity index (χ1n) is 10.4. The third-order valence-corrected chi connectivity index (χ3v) is 5.29. The van der Waals surface area contributed by atoms with Crippen LogP contribution in [0.5, 0.6) is 17.2 Å². The van der Waals surface area contributed by atoms with Crippen LogP contribution in [0, 0.1) is 12.8 Å². The first kappa shape index (κ1) is 23.8. The number of rotatable bonds is 8. The molecule has 0 saturated heterocycles. The van der Waals surface area contributed by atoms with Crippen molar-refractivity contribution in [2.75, 3.05) is 26.6 Å². The number of methoxy groups -OCH3 is 3. The molecular weight excluding hydrogens is 426 g/mol. The average molecular weight is 456 g/mol. The van der Waals surface area contributed by atoms with E-state index < -0.39 is 11.9 Å². The maximum Gasteiger partial charge on any atom is 0.252 e. The van der Waals surface area contributed by atoms with E-state index in [-0.39, 0.29) is 17.4 Å². The molecule has 3 aromatic rings. The van der Waals surface area contributed by atoms with Crippen molar-refractivity contribution >= 4 is 28.5 Å². The van der Waals surface area contributed by atoms with Crippen LogP contribution >= 0.6 is 0 Å². The van der Waals surface area contributed by atoms with Crippen LogP contribution < -0.4 is 24.8 Å². The Morgan fingerprint density at radius 3 is 2.21 bits per heavy atom. The Hall–Kier alpha value is -3.82. The smallest absolute Gasteiger partial charge is 0.252 e. The van der Waals surface area contributed by atoms with Gasteiger partial charge in [0.05, 0.1) is 38.9 Å². The second-order valence-corrected chi connectivity index (χ2v) is 7.90. The monoisotopic (exact) mass is 455 g/mol. The maximum atomic E-state index is 13.0. The number of amides is 2. The number of benzene rings is 1. The number of carbonyl (C=O) groups excluding carboxylic acids is 2. The van der Waals surface area contributed by atoms with Gasteiger partial charge >= 0.3 is 0 Å².